The molecule has 3 N–H and O–H groups in total. The third-order valence-electron chi connectivity index (χ3n) is 3.36. The summed E-state index contributed by atoms with van der Waals surface area (Å²) in [5.41, 5.74) is 5.71. The number of hydrogen-bond donors (Lipinski definition) is 2. The van der Waals surface area contributed by atoms with E-state index in [0.717, 1.165) is 29.7 Å². The molecule has 0 atom stereocenters. The average molecular weight is 339 g/mol. The molecule has 8 heteroatoms. The van der Waals surface area contributed by atoms with E-state index in [1.54, 1.807) is 13.0 Å². The molecular weight excluding hydrogens is 324 g/mol. The fourth-order valence-electron chi connectivity index (χ4n) is 2.25. The molecule has 1 heterocycles. The van der Waals surface area contributed by atoms with Crippen LogP contribution >= 0.6 is 35.2 Å². The number of halogens is 1. The highest BCUT2D eigenvalue weighted by Crippen LogP contribution is 2.34. The van der Waals surface area contributed by atoms with Crippen LogP contribution in [0.3, 0.4) is 0 Å². The predicted octanol–water partition coefficient (Wildman–Crippen LogP) is 2.59. The van der Waals surface area contributed by atoms with Crippen LogP contribution in [0.4, 0.5) is 0 Å². The molecular formula is C11H15ClN2O2S3. The molecule has 19 heavy (non-hydrogen) atoms. The molecule has 2 rings (SSSR count). The minimum absolute atomic E-state index is 0.206. The number of rotatable bonds is 4. The second kappa shape index (κ2) is 5.29. The van der Waals surface area contributed by atoms with E-state index in [0.29, 0.717) is 17.2 Å². The van der Waals surface area contributed by atoms with Crippen LogP contribution in [0.15, 0.2) is 10.3 Å². The fourth-order valence-corrected chi connectivity index (χ4v) is 5.72. The van der Waals surface area contributed by atoms with Gasteiger partial charge in [-0.25, -0.2) is 8.42 Å². The van der Waals surface area contributed by atoms with Gasteiger partial charge in [-0.1, -0.05) is 36.7 Å². The molecule has 1 aliphatic rings. The van der Waals surface area contributed by atoms with Gasteiger partial charge in [-0.05, 0) is 31.4 Å². The Kier molecular flexibility index (Phi) is 4.23. The molecule has 0 unspecified atom stereocenters. The van der Waals surface area contributed by atoms with Gasteiger partial charge in [0, 0.05) is 0 Å². The highest BCUT2D eigenvalue weighted by molar-refractivity contribution is 7.91. The van der Waals surface area contributed by atoms with Gasteiger partial charge in [0.2, 0.25) is 0 Å². The molecule has 0 aromatic carbocycles. The lowest BCUT2D eigenvalue weighted by Gasteiger charge is -2.28. The van der Waals surface area contributed by atoms with Crippen molar-refractivity contribution in [2.75, 3.05) is 0 Å². The van der Waals surface area contributed by atoms with E-state index in [4.69, 9.17) is 29.6 Å². The summed E-state index contributed by atoms with van der Waals surface area (Å²) in [6.07, 6.45) is 3.15. The topological polar surface area (TPSA) is 72.2 Å². The molecule has 0 aliphatic heterocycles. The third-order valence-corrected chi connectivity index (χ3v) is 7.31. The minimum Gasteiger partial charge on any atom is -0.392 e. The van der Waals surface area contributed by atoms with Crippen molar-refractivity contribution in [2.24, 2.45) is 5.73 Å². The van der Waals surface area contributed by atoms with E-state index in [2.05, 4.69) is 4.72 Å². The van der Waals surface area contributed by atoms with Gasteiger partial charge in [-0.15, -0.1) is 11.3 Å². The van der Waals surface area contributed by atoms with Crippen molar-refractivity contribution >= 4 is 50.2 Å². The number of sulfonamides is 1. The van der Waals surface area contributed by atoms with Crippen LogP contribution in [0.25, 0.3) is 0 Å². The highest BCUT2D eigenvalue weighted by atomic mass is 35.5. The summed E-state index contributed by atoms with van der Waals surface area (Å²) in [7, 11) is -3.63. The van der Waals surface area contributed by atoms with E-state index in [-0.39, 0.29) is 9.20 Å². The number of thiophene rings is 1. The smallest absolute Gasteiger partial charge is 0.251 e. The number of thiocarbonyl (C=S) groups is 1. The molecule has 0 radical (unpaired) electrons. The fraction of sp³-hybridized carbons (Fsp3) is 0.545. The van der Waals surface area contributed by atoms with Gasteiger partial charge < -0.3 is 5.73 Å². The van der Waals surface area contributed by atoms with Crippen molar-refractivity contribution in [1.82, 2.24) is 4.72 Å². The zero-order valence-corrected chi connectivity index (χ0v) is 13.6. The standard InChI is InChI=1S/C11H15ClN2O2S3/c1-7-6-8(18-9(7)12)19(15,16)14-11(10(13)17)4-2-3-5-11/h6,14H,2-5H2,1H3,(H2,13,17). The Morgan fingerprint density at radius 3 is 2.53 bits per heavy atom. The van der Waals surface area contributed by atoms with E-state index >= 15 is 0 Å². The average Bonchev–Trinajstić information content (AvgIpc) is 2.88. The maximum atomic E-state index is 12.4. The lowest BCUT2D eigenvalue weighted by atomic mass is 10.00. The number of aryl methyl sites for hydroxylation is 1. The van der Waals surface area contributed by atoms with Gasteiger partial charge in [0.1, 0.15) is 4.21 Å². The van der Waals surface area contributed by atoms with Gasteiger partial charge in [0.05, 0.1) is 14.9 Å². The number of hydrogen-bond acceptors (Lipinski definition) is 4. The summed E-state index contributed by atoms with van der Waals surface area (Å²) in [6.45, 7) is 1.77. The first-order valence-electron chi connectivity index (χ1n) is 5.87. The largest absolute Gasteiger partial charge is 0.392 e. The molecule has 1 aliphatic carbocycles. The van der Waals surface area contributed by atoms with Crippen LogP contribution in [0.5, 0.6) is 0 Å². The first-order valence-corrected chi connectivity index (χ1v) is 8.95. The Labute approximate surface area is 127 Å². The monoisotopic (exact) mass is 338 g/mol. The first-order chi connectivity index (χ1) is 8.77. The Bertz CT molecular complexity index is 584. The van der Waals surface area contributed by atoms with E-state index in [1.165, 1.54) is 0 Å². The summed E-state index contributed by atoms with van der Waals surface area (Å²) in [5, 5.41) is 0. The zero-order chi connectivity index (χ0) is 14.3. The summed E-state index contributed by atoms with van der Waals surface area (Å²) in [6, 6.07) is 1.57. The van der Waals surface area contributed by atoms with Gasteiger partial charge in [0.15, 0.2) is 0 Å². The van der Waals surface area contributed by atoms with Crippen molar-refractivity contribution in [3.8, 4) is 0 Å². The lowest BCUT2D eigenvalue weighted by Crippen LogP contribution is -2.54. The predicted molar refractivity (Wildman–Crippen MR) is 82.4 cm³/mol. The minimum atomic E-state index is -3.63. The Balaban J connectivity index is 2.33. The van der Waals surface area contributed by atoms with Crippen LogP contribution in [-0.2, 0) is 10.0 Å². The quantitative estimate of drug-likeness (QED) is 0.828. The Hall–Kier alpha value is -0.210. The van der Waals surface area contributed by atoms with Gasteiger partial charge in [-0.2, -0.15) is 4.72 Å². The molecule has 0 amide bonds. The Morgan fingerprint density at radius 2 is 2.11 bits per heavy atom. The lowest BCUT2D eigenvalue weighted by molar-refractivity contribution is 0.504. The highest BCUT2D eigenvalue weighted by Gasteiger charge is 2.41. The van der Waals surface area contributed by atoms with Crippen LogP contribution in [0.1, 0.15) is 31.2 Å². The van der Waals surface area contributed by atoms with E-state index in [9.17, 15) is 8.42 Å². The van der Waals surface area contributed by atoms with E-state index < -0.39 is 15.6 Å². The van der Waals surface area contributed by atoms with Gasteiger partial charge >= 0.3 is 0 Å². The molecule has 0 spiro atoms. The Morgan fingerprint density at radius 1 is 1.53 bits per heavy atom. The van der Waals surface area contributed by atoms with Crippen LogP contribution in [0.2, 0.25) is 4.34 Å². The SMILES string of the molecule is Cc1cc(S(=O)(=O)NC2(C(N)=S)CCCC2)sc1Cl. The maximum absolute atomic E-state index is 12.4. The number of nitrogens with two attached hydrogens (primary N) is 1. The second-order valence-electron chi connectivity index (χ2n) is 4.78. The normalized spacial score (nSPS) is 18.6. The van der Waals surface area contributed by atoms with Crippen molar-refractivity contribution in [1.29, 1.82) is 0 Å². The third kappa shape index (κ3) is 2.95. The molecule has 1 aromatic heterocycles. The van der Waals surface area contributed by atoms with Crippen molar-refractivity contribution < 1.29 is 8.42 Å². The van der Waals surface area contributed by atoms with E-state index in [1.807, 2.05) is 0 Å². The van der Waals surface area contributed by atoms with Crippen molar-refractivity contribution in [3.05, 3.63) is 16.0 Å². The van der Waals surface area contributed by atoms with Crippen LogP contribution in [0, 0.1) is 6.92 Å². The second-order valence-corrected chi connectivity index (χ2v) is 8.78. The molecule has 1 aromatic rings. The van der Waals surface area contributed by atoms with Crippen molar-refractivity contribution in [3.63, 3.8) is 0 Å². The van der Waals surface area contributed by atoms with Gasteiger partial charge in [0.25, 0.3) is 10.0 Å². The molecule has 1 fully saturated rings. The summed E-state index contributed by atoms with van der Waals surface area (Å²) in [4.78, 5) is 0.216. The van der Waals surface area contributed by atoms with Gasteiger partial charge in [-0.3, -0.25) is 0 Å². The van der Waals surface area contributed by atoms with Crippen LogP contribution in [-0.4, -0.2) is 18.9 Å². The van der Waals surface area contributed by atoms with Crippen molar-refractivity contribution in [2.45, 2.75) is 42.4 Å². The summed E-state index contributed by atoms with van der Waals surface area (Å²) >= 11 is 12.0. The summed E-state index contributed by atoms with van der Waals surface area (Å²) < 4.78 is 28.1. The molecule has 1 saturated carbocycles. The molecule has 0 saturated heterocycles. The molecule has 106 valence electrons. The molecule has 4 nitrogen and oxygen atoms in total. The summed E-state index contributed by atoms with van der Waals surface area (Å²) in [5.74, 6) is 0. The van der Waals surface area contributed by atoms with Crippen LogP contribution < -0.4 is 10.5 Å². The maximum Gasteiger partial charge on any atom is 0.251 e. The zero-order valence-electron chi connectivity index (χ0n) is 10.4. The number of nitrogens with one attached hydrogen (secondary N) is 1. The molecule has 0 bridgehead atoms. The first kappa shape index (κ1) is 15.2.